The lowest BCUT2D eigenvalue weighted by atomic mass is 10.2. The fourth-order valence-corrected chi connectivity index (χ4v) is 1.96. The van der Waals surface area contributed by atoms with E-state index in [4.69, 9.17) is 5.73 Å². The third-order valence-corrected chi connectivity index (χ3v) is 3.02. The van der Waals surface area contributed by atoms with E-state index in [0.717, 1.165) is 5.56 Å². The number of nitrogens with one attached hydrogen (secondary N) is 1. The number of aryl methyl sites for hydroxylation is 2. The standard InChI is InChI=1S/C15H18N4O2/c1-11-9-17-15(21)19(10-11)8-4-7-14(20)18-13-6-3-2-5-12(13)16/h2-3,5-6,9-10H,4,7-8,16H2,1H3,(H,18,20). The highest BCUT2D eigenvalue weighted by molar-refractivity contribution is 5.93. The highest BCUT2D eigenvalue weighted by Crippen LogP contribution is 2.16. The van der Waals surface area contributed by atoms with Crippen LogP contribution < -0.4 is 16.7 Å². The molecule has 3 N–H and O–H groups in total. The predicted molar refractivity (Wildman–Crippen MR) is 82.0 cm³/mol. The van der Waals surface area contributed by atoms with E-state index in [1.165, 1.54) is 10.8 Å². The van der Waals surface area contributed by atoms with Crippen LogP contribution in [0.5, 0.6) is 0 Å². The van der Waals surface area contributed by atoms with Crippen LogP contribution >= 0.6 is 0 Å². The first-order valence-corrected chi connectivity index (χ1v) is 6.74. The van der Waals surface area contributed by atoms with Gasteiger partial charge in [-0.05, 0) is 31.0 Å². The summed E-state index contributed by atoms with van der Waals surface area (Å²) in [5, 5.41) is 2.76. The summed E-state index contributed by atoms with van der Waals surface area (Å²) >= 11 is 0. The number of hydrogen-bond acceptors (Lipinski definition) is 4. The number of amides is 1. The molecule has 0 radical (unpaired) electrons. The second-order valence-corrected chi connectivity index (χ2v) is 4.85. The summed E-state index contributed by atoms with van der Waals surface area (Å²) in [6, 6.07) is 7.10. The summed E-state index contributed by atoms with van der Waals surface area (Å²) in [4.78, 5) is 27.1. The number of aromatic nitrogens is 2. The van der Waals surface area contributed by atoms with Gasteiger partial charge in [0.05, 0.1) is 11.4 Å². The van der Waals surface area contributed by atoms with Gasteiger partial charge in [0, 0.05) is 25.4 Å². The van der Waals surface area contributed by atoms with E-state index in [0.29, 0.717) is 30.8 Å². The highest BCUT2D eigenvalue weighted by atomic mass is 16.2. The quantitative estimate of drug-likeness (QED) is 0.816. The molecule has 0 spiro atoms. The van der Waals surface area contributed by atoms with Crippen molar-refractivity contribution in [3.8, 4) is 0 Å². The molecule has 1 amide bonds. The largest absolute Gasteiger partial charge is 0.397 e. The number of nitrogen functional groups attached to an aromatic ring is 1. The molecule has 0 atom stereocenters. The van der Waals surface area contributed by atoms with Crippen molar-refractivity contribution < 1.29 is 4.79 Å². The molecule has 1 aromatic heterocycles. The van der Waals surface area contributed by atoms with Crippen LogP contribution in [-0.2, 0) is 11.3 Å². The number of para-hydroxylation sites is 2. The van der Waals surface area contributed by atoms with Crippen molar-refractivity contribution in [1.29, 1.82) is 0 Å². The van der Waals surface area contributed by atoms with Gasteiger partial charge < -0.3 is 11.1 Å². The molecule has 0 aliphatic rings. The molecule has 2 aromatic rings. The van der Waals surface area contributed by atoms with Crippen LogP contribution in [0.2, 0.25) is 0 Å². The summed E-state index contributed by atoms with van der Waals surface area (Å²) in [6.07, 6.45) is 4.14. The van der Waals surface area contributed by atoms with Crippen LogP contribution in [0.3, 0.4) is 0 Å². The first kappa shape index (κ1) is 14.8. The van der Waals surface area contributed by atoms with Crippen molar-refractivity contribution in [3.05, 3.63) is 52.7 Å². The lowest BCUT2D eigenvalue weighted by Crippen LogP contribution is -2.23. The molecule has 0 saturated heterocycles. The first-order chi connectivity index (χ1) is 10.1. The molecule has 1 aromatic carbocycles. The minimum Gasteiger partial charge on any atom is -0.397 e. The smallest absolute Gasteiger partial charge is 0.347 e. The molecular weight excluding hydrogens is 268 g/mol. The Balaban J connectivity index is 1.86. The minimum absolute atomic E-state index is 0.124. The Kier molecular flexibility index (Phi) is 4.71. The zero-order valence-corrected chi connectivity index (χ0v) is 11.9. The maximum Gasteiger partial charge on any atom is 0.347 e. The molecule has 0 bridgehead atoms. The molecule has 0 unspecified atom stereocenters. The van der Waals surface area contributed by atoms with Crippen LogP contribution in [0.4, 0.5) is 11.4 Å². The fraction of sp³-hybridized carbons (Fsp3) is 0.267. The SMILES string of the molecule is Cc1cnc(=O)n(CCCC(=O)Nc2ccccc2N)c1. The van der Waals surface area contributed by atoms with Gasteiger partial charge in [-0.2, -0.15) is 0 Å². The van der Waals surface area contributed by atoms with Gasteiger partial charge in [-0.3, -0.25) is 9.36 Å². The number of anilines is 2. The summed E-state index contributed by atoms with van der Waals surface area (Å²) in [6.45, 7) is 2.33. The van der Waals surface area contributed by atoms with Crippen molar-refractivity contribution in [1.82, 2.24) is 9.55 Å². The van der Waals surface area contributed by atoms with Gasteiger partial charge in [0.2, 0.25) is 5.91 Å². The van der Waals surface area contributed by atoms with Gasteiger partial charge in [-0.1, -0.05) is 12.1 Å². The van der Waals surface area contributed by atoms with Crippen molar-refractivity contribution in [2.24, 2.45) is 0 Å². The number of rotatable bonds is 5. The van der Waals surface area contributed by atoms with E-state index in [1.807, 2.05) is 19.1 Å². The minimum atomic E-state index is -0.298. The van der Waals surface area contributed by atoms with Crippen molar-refractivity contribution >= 4 is 17.3 Å². The lowest BCUT2D eigenvalue weighted by Gasteiger charge is -2.08. The van der Waals surface area contributed by atoms with Gasteiger partial charge >= 0.3 is 5.69 Å². The molecule has 110 valence electrons. The van der Waals surface area contributed by atoms with Gasteiger partial charge in [0.25, 0.3) is 0 Å². The number of carbonyl (C=O) groups is 1. The van der Waals surface area contributed by atoms with Crippen molar-refractivity contribution in [2.75, 3.05) is 11.1 Å². The molecule has 21 heavy (non-hydrogen) atoms. The molecule has 2 rings (SSSR count). The Hall–Kier alpha value is -2.63. The van der Waals surface area contributed by atoms with E-state index in [9.17, 15) is 9.59 Å². The number of nitrogens with two attached hydrogens (primary N) is 1. The van der Waals surface area contributed by atoms with Crippen LogP contribution in [-0.4, -0.2) is 15.5 Å². The second-order valence-electron chi connectivity index (χ2n) is 4.85. The third kappa shape index (κ3) is 4.17. The zero-order valence-electron chi connectivity index (χ0n) is 11.9. The molecule has 0 aliphatic carbocycles. The fourth-order valence-electron chi connectivity index (χ4n) is 1.96. The van der Waals surface area contributed by atoms with E-state index in [2.05, 4.69) is 10.3 Å². The number of hydrogen-bond donors (Lipinski definition) is 2. The Morgan fingerprint density at radius 1 is 1.38 bits per heavy atom. The van der Waals surface area contributed by atoms with Crippen LogP contribution in [0, 0.1) is 6.92 Å². The van der Waals surface area contributed by atoms with Crippen molar-refractivity contribution in [2.45, 2.75) is 26.3 Å². The van der Waals surface area contributed by atoms with Gasteiger partial charge in [-0.25, -0.2) is 9.78 Å². The lowest BCUT2D eigenvalue weighted by molar-refractivity contribution is -0.116. The molecule has 1 heterocycles. The summed E-state index contributed by atoms with van der Waals surface area (Å²) < 4.78 is 1.51. The van der Waals surface area contributed by atoms with Gasteiger partial charge in [0.1, 0.15) is 0 Å². The van der Waals surface area contributed by atoms with E-state index in [1.54, 1.807) is 18.3 Å². The van der Waals surface area contributed by atoms with Crippen LogP contribution in [0.25, 0.3) is 0 Å². The molecular formula is C15H18N4O2. The number of carbonyl (C=O) groups excluding carboxylic acids is 1. The molecule has 0 saturated carbocycles. The normalized spacial score (nSPS) is 10.3. The van der Waals surface area contributed by atoms with Gasteiger partial charge in [0.15, 0.2) is 0 Å². The molecule has 6 nitrogen and oxygen atoms in total. The Morgan fingerprint density at radius 2 is 2.14 bits per heavy atom. The zero-order chi connectivity index (χ0) is 15.2. The van der Waals surface area contributed by atoms with Gasteiger partial charge in [-0.15, -0.1) is 0 Å². The number of benzene rings is 1. The average molecular weight is 286 g/mol. The maximum atomic E-state index is 11.8. The Morgan fingerprint density at radius 3 is 2.90 bits per heavy atom. The van der Waals surface area contributed by atoms with E-state index >= 15 is 0 Å². The third-order valence-electron chi connectivity index (χ3n) is 3.02. The monoisotopic (exact) mass is 286 g/mol. The van der Waals surface area contributed by atoms with Crippen LogP contribution in [0.15, 0.2) is 41.5 Å². The molecule has 6 heteroatoms. The predicted octanol–water partition coefficient (Wildman–Crippen LogP) is 1.55. The van der Waals surface area contributed by atoms with Crippen molar-refractivity contribution in [3.63, 3.8) is 0 Å². The summed E-state index contributed by atoms with van der Waals surface area (Å²) in [5.74, 6) is -0.124. The Bertz CT molecular complexity index is 694. The topological polar surface area (TPSA) is 90.0 Å². The van der Waals surface area contributed by atoms with E-state index in [-0.39, 0.29) is 11.6 Å². The molecule has 0 fully saturated rings. The first-order valence-electron chi connectivity index (χ1n) is 6.74. The summed E-state index contributed by atoms with van der Waals surface area (Å²) in [5.41, 5.74) is 7.51. The Labute approximate surface area is 122 Å². The second kappa shape index (κ2) is 6.69. The highest BCUT2D eigenvalue weighted by Gasteiger charge is 2.05. The van der Waals surface area contributed by atoms with E-state index < -0.39 is 0 Å². The molecule has 0 aliphatic heterocycles. The summed E-state index contributed by atoms with van der Waals surface area (Å²) in [7, 11) is 0. The maximum absolute atomic E-state index is 11.8. The average Bonchev–Trinajstić information content (AvgIpc) is 2.45. The number of nitrogens with zero attached hydrogens (tertiary/aromatic N) is 2. The van der Waals surface area contributed by atoms with Crippen LogP contribution in [0.1, 0.15) is 18.4 Å².